The number of ether oxygens (including phenoxy) is 2. The lowest BCUT2D eigenvalue weighted by atomic mass is 10.2. The number of carbonyl (C=O) groups is 2. The number of hydrogen-bond acceptors (Lipinski definition) is 6. The first-order valence-electron chi connectivity index (χ1n) is 10.0. The summed E-state index contributed by atoms with van der Waals surface area (Å²) in [6, 6.07) is 18.0. The summed E-state index contributed by atoms with van der Waals surface area (Å²) in [5, 5.41) is 5.04. The number of nitrogens with one attached hydrogen (secondary N) is 1. The number of imide groups is 1. The molecule has 1 aromatic heterocycles. The fourth-order valence-corrected chi connectivity index (χ4v) is 4.15. The van der Waals surface area contributed by atoms with Crippen molar-refractivity contribution < 1.29 is 19.1 Å². The quantitative estimate of drug-likeness (QED) is 0.509. The van der Waals surface area contributed by atoms with Gasteiger partial charge in [-0.25, -0.2) is 4.90 Å². The van der Waals surface area contributed by atoms with E-state index >= 15 is 0 Å². The van der Waals surface area contributed by atoms with Crippen LogP contribution in [0.15, 0.2) is 71.7 Å². The van der Waals surface area contributed by atoms with Crippen LogP contribution in [0, 0.1) is 0 Å². The molecule has 7 heteroatoms. The summed E-state index contributed by atoms with van der Waals surface area (Å²) in [6.07, 6.45) is 0. The second-order valence-electron chi connectivity index (χ2n) is 6.66. The zero-order valence-corrected chi connectivity index (χ0v) is 18.1. The van der Waals surface area contributed by atoms with Crippen LogP contribution in [0.25, 0.3) is 5.57 Å². The molecule has 0 atom stereocenters. The summed E-state index contributed by atoms with van der Waals surface area (Å²) in [4.78, 5) is 28.8. The van der Waals surface area contributed by atoms with E-state index in [-0.39, 0.29) is 11.6 Å². The van der Waals surface area contributed by atoms with Gasteiger partial charge in [0.1, 0.15) is 17.2 Å². The van der Waals surface area contributed by atoms with Crippen LogP contribution in [0.2, 0.25) is 0 Å². The van der Waals surface area contributed by atoms with E-state index in [4.69, 9.17) is 9.47 Å². The molecule has 158 valence electrons. The molecule has 2 heterocycles. The fourth-order valence-electron chi connectivity index (χ4n) is 3.38. The van der Waals surface area contributed by atoms with Crippen molar-refractivity contribution in [1.82, 2.24) is 0 Å². The van der Waals surface area contributed by atoms with Crippen LogP contribution in [-0.2, 0) is 9.59 Å². The van der Waals surface area contributed by atoms with Crippen LogP contribution in [0.5, 0.6) is 11.5 Å². The summed E-state index contributed by atoms with van der Waals surface area (Å²) in [7, 11) is 0. The standard InChI is InChI=1S/C24H22N2O4S/c1-3-29-17-13-11-16(12-14-17)25-22-21(20-10-7-15-31-20)23(27)26(24(22)28)18-8-5-6-9-19(18)30-4-2/h5-15,25H,3-4H2,1-2H3. The number of thiophene rings is 1. The van der Waals surface area contributed by atoms with E-state index in [1.54, 1.807) is 18.2 Å². The molecule has 6 nitrogen and oxygen atoms in total. The number of rotatable bonds is 8. The van der Waals surface area contributed by atoms with E-state index in [2.05, 4.69) is 5.32 Å². The van der Waals surface area contributed by atoms with Crippen LogP contribution in [0.1, 0.15) is 18.7 Å². The smallest absolute Gasteiger partial charge is 0.282 e. The van der Waals surface area contributed by atoms with E-state index in [1.165, 1.54) is 16.2 Å². The summed E-state index contributed by atoms with van der Waals surface area (Å²) < 4.78 is 11.1. The maximum Gasteiger partial charge on any atom is 0.282 e. The summed E-state index contributed by atoms with van der Waals surface area (Å²) in [5.41, 5.74) is 1.70. The number of benzene rings is 2. The summed E-state index contributed by atoms with van der Waals surface area (Å²) >= 11 is 1.41. The molecular formula is C24H22N2O4S. The van der Waals surface area contributed by atoms with Gasteiger partial charge in [0.25, 0.3) is 11.8 Å². The van der Waals surface area contributed by atoms with Crippen molar-refractivity contribution in [3.8, 4) is 11.5 Å². The van der Waals surface area contributed by atoms with Gasteiger partial charge in [-0.2, -0.15) is 0 Å². The Balaban J connectivity index is 1.74. The monoisotopic (exact) mass is 434 g/mol. The van der Waals surface area contributed by atoms with Gasteiger partial charge in [0, 0.05) is 10.6 Å². The van der Waals surface area contributed by atoms with E-state index in [0.717, 1.165) is 10.6 Å². The predicted octanol–water partition coefficient (Wildman–Crippen LogP) is 4.94. The number of nitrogens with zero attached hydrogens (tertiary/aromatic N) is 1. The number of carbonyl (C=O) groups excluding carboxylic acids is 2. The van der Waals surface area contributed by atoms with Gasteiger partial charge < -0.3 is 14.8 Å². The van der Waals surface area contributed by atoms with Gasteiger partial charge in [0.05, 0.1) is 24.5 Å². The SMILES string of the molecule is CCOc1ccc(NC2=C(c3cccs3)C(=O)N(c3ccccc3OCC)C2=O)cc1. The average Bonchev–Trinajstić information content (AvgIpc) is 3.38. The van der Waals surface area contributed by atoms with Gasteiger partial charge in [-0.05, 0) is 61.7 Å². The molecule has 0 spiro atoms. The molecule has 4 rings (SSSR count). The molecule has 2 amide bonds. The highest BCUT2D eigenvalue weighted by Crippen LogP contribution is 2.39. The normalized spacial score (nSPS) is 13.7. The number of para-hydroxylation sites is 2. The zero-order valence-electron chi connectivity index (χ0n) is 17.3. The molecule has 0 saturated carbocycles. The Labute approximate surface area is 184 Å². The van der Waals surface area contributed by atoms with Gasteiger partial charge in [0.15, 0.2) is 0 Å². The van der Waals surface area contributed by atoms with Gasteiger partial charge in [-0.15, -0.1) is 11.3 Å². The third-order valence-electron chi connectivity index (χ3n) is 4.69. The van der Waals surface area contributed by atoms with Crippen molar-refractivity contribution in [3.63, 3.8) is 0 Å². The van der Waals surface area contributed by atoms with Gasteiger partial charge in [-0.1, -0.05) is 18.2 Å². The molecular weight excluding hydrogens is 412 g/mol. The number of hydrogen-bond donors (Lipinski definition) is 1. The Bertz CT molecular complexity index is 1120. The minimum Gasteiger partial charge on any atom is -0.494 e. The number of anilines is 2. The van der Waals surface area contributed by atoms with Crippen LogP contribution < -0.4 is 19.7 Å². The van der Waals surface area contributed by atoms with Crippen molar-refractivity contribution in [2.24, 2.45) is 0 Å². The first-order valence-corrected chi connectivity index (χ1v) is 10.9. The lowest BCUT2D eigenvalue weighted by molar-refractivity contribution is -0.120. The Morgan fingerprint density at radius 1 is 0.871 bits per heavy atom. The highest BCUT2D eigenvalue weighted by atomic mass is 32.1. The molecule has 1 aliphatic heterocycles. The Hall–Kier alpha value is -3.58. The van der Waals surface area contributed by atoms with E-state index < -0.39 is 5.91 Å². The predicted molar refractivity (Wildman–Crippen MR) is 123 cm³/mol. The molecule has 0 bridgehead atoms. The van der Waals surface area contributed by atoms with Gasteiger partial charge in [0.2, 0.25) is 0 Å². The number of amides is 2. The molecule has 31 heavy (non-hydrogen) atoms. The molecule has 2 aromatic carbocycles. The molecule has 0 saturated heterocycles. The molecule has 1 N–H and O–H groups in total. The second-order valence-corrected chi connectivity index (χ2v) is 7.60. The molecule has 1 aliphatic rings. The van der Waals surface area contributed by atoms with Gasteiger partial charge in [-0.3, -0.25) is 9.59 Å². The third kappa shape index (κ3) is 4.04. The maximum atomic E-state index is 13.5. The Kier molecular flexibility index (Phi) is 6.04. The first-order chi connectivity index (χ1) is 15.1. The molecule has 0 fully saturated rings. The molecule has 3 aromatic rings. The molecule has 0 aliphatic carbocycles. The largest absolute Gasteiger partial charge is 0.494 e. The van der Waals surface area contributed by atoms with E-state index in [0.29, 0.717) is 35.9 Å². The summed E-state index contributed by atoms with van der Waals surface area (Å²) in [6.45, 7) is 4.78. The maximum absolute atomic E-state index is 13.5. The highest BCUT2D eigenvalue weighted by Gasteiger charge is 2.41. The van der Waals surface area contributed by atoms with Crippen LogP contribution >= 0.6 is 11.3 Å². The van der Waals surface area contributed by atoms with Crippen molar-refractivity contribution in [2.45, 2.75) is 13.8 Å². The van der Waals surface area contributed by atoms with Crippen molar-refractivity contribution in [2.75, 3.05) is 23.4 Å². The van der Waals surface area contributed by atoms with Crippen molar-refractivity contribution >= 4 is 40.1 Å². The fraction of sp³-hybridized carbons (Fsp3) is 0.167. The summed E-state index contributed by atoms with van der Waals surface area (Å²) in [5.74, 6) is 0.420. The lowest BCUT2D eigenvalue weighted by Crippen LogP contribution is -2.32. The highest BCUT2D eigenvalue weighted by molar-refractivity contribution is 7.11. The van der Waals surface area contributed by atoms with Crippen LogP contribution in [0.3, 0.4) is 0 Å². The van der Waals surface area contributed by atoms with Crippen LogP contribution in [0.4, 0.5) is 11.4 Å². The van der Waals surface area contributed by atoms with E-state index in [1.807, 2.05) is 61.7 Å². The minimum absolute atomic E-state index is 0.239. The third-order valence-corrected chi connectivity index (χ3v) is 5.58. The van der Waals surface area contributed by atoms with Crippen molar-refractivity contribution in [1.29, 1.82) is 0 Å². The van der Waals surface area contributed by atoms with Gasteiger partial charge >= 0.3 is 0 Å². The minimum atomic E-state index is -0.422. The van der Waals surface area contributed by atoms with Crippen molar-refractivity contribution in [3.05, 3.63) is 76.6 Å². The molecule has 0 radical (unpaired) electrons. The second kappa shape index (κ2) is 9.06. The Morgan fingerprint density at radius 2 is 1.61 bits per heavy atom. The topological polar surface area (TPSA) is 67.9 Å². The lowest BCUT2D eigenvalue weighted by Gasteiger charge is -2.19. The molecule has 0 unspecified atom stereocenters. The van der Waals surface area contributed by atoms with Crippen LogP contribution in [-0.4, -0.2) is 25.0 Å². The average molecular weight is 435 g/mol. The Morgan fingerprint density at radius 3 is 2.29 bits per heavy atom. The van der Waals surface area contributed by atoms with E-state index in [9.17, 15) is 9.59 Å². The zero-order chi connectivity index (χ0) is 21.8. The first kappa shape index (κ1) is 20.7.